The van der Waals surface area contributed by atoms with Gasteiger partial charge in [-0.25, -0.2) is 4.98 Å². The van der Waals surface area contributed by atoms with Gasteiger partial charge < -0.3 is 4.42 Å². The first kappa shape index (κ1) is 11.6. The molecule has 0 aliphatic carbocycles. The highest BCUT2D eigenvalue weighted by molar-refractivity contribution is 5.72. The lowest BCUT2D eigenvalue weighted by molar-refractivity contribution is 0.306. The largest absolute Gasteiger partial charge is 0.443 e. The lowest BCUT2D eigenvalue weighted by Crippen LogP contribution is -2.29. The SMILES string of the molecule is CC(C#N)N(C)CCc1ccc2ncoc2c1. The minimum atomic E-state index is -0.0518. The van der Waals surface area contributed by atoms with Crippen molar-refractivity contribution in [3.63, 3.8) is 0 Å². The molecule has 0 saturated heterocycles. The second-order valence-electron chi connectivity index (χ2n) is 4.19. The predicted molar refractivity (Wildman–Crippen MR) is 65.4 cm³/mol. The first-order valence-corrected chi connectivity index (χ1v) is 5.62. The van der Waals surface area contributed by atoms with Crippen LogP contribution in [-0.2, 0) is 6.42 Å². The predicted octanol–water partition coefficient (Wildman–Crippen LogP) is 2.21. The molecule has 0 spiro atoms. The van der Waals surface area contributed by atoms with Crippen LogP contribution in [0.25, 0.3) is 11.1 Å². The van der Waals surface area contributed by atoms with Crippen LogP contribution in [0.4, 0.5) is 0 Å². The van der Waals surface area contributed by atoms with Crippen molar-refractivity contribution < 1.29 is 4.42 Å². The van der Waals surface area contributed by atoms with Crippen LogP contribution in [0.5, 0.6) is 0 Å². The minimum absolute atomic E-state index is 0.0518. The summed E-state index contributed by atoms with van der Waals surface area (Å²) in [6.45, 7) is 2.76. The van der Waals surface area contributed by atoms with Crippen molar-refractivity contribution in [2.24, 2.45) is 0 Å². The van der Waals surface area contributed by atoms with Crippen LogP contribution >= 0.6 is 0 Å². The summed E-state index contributed by atoms with van der Waals surface area (Å²) in [4.78, 5) is 6.11. The number of fused-ring (bicyclic) bond motifs is 1. The molecule has 0 amide bonds. The van der Waals surface area contributed by atoms with Crippen LogP contribution in [-0.4, -0.2) is 29.5 Å². The van der Waals surface area contributed by atoms with Gasteiger partial charge in [0.05, 0.1) is 12.1 Å². The minimum Gasteiger partial charge on any atom is -0.443 e. The summed E-state index contributed by atoms with van der Waals surface area (Å²) >= 11 is 0. The summed E-state index contributed by atoms with van der Waals surface area (Å²) in [6, 6.07) is 8.19. The summed E-state index contributed by atoms with van der Waals surface area (Å²) in [6.07, 6.45) is 2.36. The molecule has 1 atom stereocenters. The number of oxazole rings is 1. The number of likely N-dealkylation sites (N-methyl/N-ethyl adjacent to an activating group) is 1. The lowest BCUT2D eigenvalue weighted by Gasteiger charge is -2.18. The molecule has 17 heavy (non-hydrogen) atoms. The van der Waals surface area contributed by atoms with Crippen LogP contribution in [0, 0.1) is 11.3 Å². The Kier molecular flexibility index (Phi) is 3.40. The second kappa shape index (κ2) is 4.98. The van der Waals surface area contributed by atoms with Gasteiger partial charge in [-0.2, -0.15) is 5.26 Å². The average molecular weight is 229 g/mol. The highest BCUT2D eigenvalue weighted by Gasteiger charge is 2.07. The standard InChI is InChI=1S/C13H15N3O/c1-10(8-14)16(2)6-5-11-3-4-12-13(7-11)17-9-15-12/h3-4,7,9-10H,5-6H2,1-2H3. The zero-order valence-corrected chi connectivity index (χ0v) is 10.1. The van der Waals surface area contributed by atoms with E-state index in [1.165, 1.54) is 12.0 Å². The van der Waals surface area contributed by atoms with E-state index in [2.05, 4.69) is 17.1 Å². The molecule has 0 aliphatic heterocycles. The Hall–Kier alpha value is -1.86. The molecule has 0 saturated carbocycles. The first-order valence-electron chi connectivity index (χ1n) is 5.62. The van der Waals surface area contributed by atoms with Crippen LogP contribution in [0.1, 0.15) is 12.5 Å². The Bertz CT molecular complexity index is 541. The zero-order valence-electron chi connectivity index (χ0n) is 10.1. The number of rotatable bonds is 4. The number of nitriles is 1. The van der Waals surface area contributed by atoms with E-state index in [0.717, 1.165) is 24.1 Å². The smallest absolute Gasteiger partial charge is 0.181 e. The van der Waals surface area contributed by atoms with Crippen LogP contribution in [0.2, 0.25) is 0 Å². The van der Waals surface area contributed by atoms with Crippen molar-refractivity contribution in [2.45, 2.75) is 19.4 Å². The zero-order chi connectivity index (χ0) is 12.3. The van der Waals surface area contributed by atoms with E-state index in [9.17, 15) is 0 Å². The van der Waals surface area contributed by atoms with Crippen LogP contribution in [0.3, 0.4) is 0 Å². The molecule has 1 unspecified atom stereocenters. The van der Waals surface area contributed by atoms with Crippen molar-refractivity contribution in [1.29, 1.82) is 5.26 Å². The Balaban J connectivity index is 2.01. The fraction of sp³-hybridized carbons (Fsp3) is 0.385. The quantitative estimate of drug-likeness (QED) is 0.806. The maximum atomic E-state index is 8.80. The maximum Gasteiger partial charge on any atom is 0.181 e. The van der Waals surface area contributed by atoms with Crippen molar-refractivity contribution in [3.8, 4) is 6.07 Å². The Morgan fingerprint density at radius 3 is 3.12 bits per heavy atom. The third-order valence-corrected chi connectivity index (χ3v) is 3.00. The van der Waals surface area contributed by atoms with E-state index in [0.29, 0.717) is 0 Å². The molecule has 0 radical (unpaired) electrons. The lowest BCUT2D eigenvalue weighted by atomic mass is 10.1. The summed E-state index contributed by atoms with van der Waals surface area (Å²) in [7, 11) is 1.96. The van der Waals surface area contributed by atoms with Gasteiger partial charge in [0.2, 0.25) is 0 Å². The van der Waals surface area contributed by atoms with E-state index in [1.807, 2.05) is 31.0 Å². The molecule has 2 rings (SSSR count). The molecule has 0 N–H and O–H groups in total. The highest BCUT2D eigenvalue weighted by atomic mass is 16.3. The van der Waals surface area contributed by atoms with Gasteiger partial charge in [-0.3, -0.25) is 4.90 Å². The molecule has 0 aliphatic rings. The van der Waals surface area contributed by atoms with Gasteiger partial charge in [-0.1, -0.05) is 6.07 Å². The summed E-state index contributed by atoms with van der Waals surface area (Å²) < 4.78 is 5.26. The molecule has 1 aromatic carbocycles. The maximum absolute atomic E-state index is 8.80. The van der Waals surface area contributed by atoms with E-state index < -0.39 is 0 Å². The number of aromatic nitrogens is 1. The fourth-order valence-corrected chi connectivity index (χ4v) is 1.65. The van der Waals surface area contributed by atoms with Crippen molar-refractivity contribution >= 4 is 11.1 Å². The normalized spacial score (nSPS) is 12.8. The number of hydrogen-bond acceptors (Lipinski definition) is 4. The summed E-state index contributed by atoms with van der Waals surface area (Å²) in [5.74, 6) is 0. The van der Waals surface area contributed by atoms with E-state index in [1.54, 1.807) is 0 Å². The van der Waals surface area contributed by atoms with Crippen molar-refractivity contribution in [1.82, 2.24) is 9.88 Å². The monoisotopic (exact) mass is 229 g/mol. The average Bonchev–Trinajstić information content (AvgIpc) is 2.82. The van der Waals surface area contributed by atoms with Crippen molar-refractivity contribution in [2.75, 3.05) is 13.6 Å². The van der Waals surface area contributed by atoms with Gasteiger partial charge in [0, 0.05) is 6.54 Å². The molecule has 4 nitrogen and oxygen atoms in total. The Morgan fingerprint density at radius 1 is 1.53 bits per heavy atom. The number of nitrogens with zero attached hydrogens (tertiary/aromatic N) is 3. The second-order valence-corrected chi connectivity index (χ2v) is 4.19. The molecule has 1 heterocycles. The van der Waals surface area contributed by atoms with E-state index in [4.69, 9.17) is 9.68 Å². The topological polar surface area (TPSA) is 53.1 Å². The Labute approximate surface area is 100 Å². The molecule has 88 valence electrons. The summed E-state index contributed by atoms with van der Waals surface area (Å²) in [5.41, 5.74) is 2.90. The van der Waals surface area contributed by atoms with Gasteiger partial charge in [-0.05, 0) is 38.1 Å². The third-order valence-electron chi connectivity index (χ3n) is 3.00. The summed E-state index contributed by atoms with van der Waals surface area (Å²) in [5, 5.41) is 8.80. The van der Waals surface area contributed by atoms with Gasteiger partial charge in [0.15, 0.2) is 12.0 Å². The third kappa shape index (κ3) is 2.63. The molecular weight excluding hydrogens is 214 g/mol. The van der Waals surface area contributed by atoms with Crippen molar-refractivity contribution in [3.05, 3.63) is 30.2 Å². The Morgan fingerprint density at radius 2 is 2.35 bits per heavy atom. The first-order chi connectivity index (χ1) is 8.20. The molecule has 0 bridgehead atoms. The van der Waals surface area contributed by atoms with Gasteiger partial charge in [-0.15, -0.1) is 0 Å². The van der Waals surface area contributed by atoms with Gasteiger partial charge in [0.1, 0.15) is 5.52 Å². The highest BCUT2D eigenvalue weighted by Crippen LogP contribution is 2.14. The fourth-order valence-electron chi connectivity index (χ4n) is 1.65. The molecule has 1 aromatic heterocycles. The van der Waals surface area contributed by atoms with Gasteiger partial charge >= 0.3 is 0 Å². The number of hydrogen-bond donors (Lipinski definition) is 0. The molecule has 2 aromatic rings. The molecule has 0 fully saturated rings. The van der Waals surface area contributed by atoms with E-state index in [-0.39, 0.29) is 6.04 Å². The van der Waals surface area contributed by atoms with Crippen LogP contribution in [0.15, 0.2) is 29.0 Å². The van der Waals surface area contributed by atoms with Gasteiger partial charge in [0.25, 0.3) is 0 Å². The molecule has 4 heteroatoms. The van der Waals surface area contributed by atoms with E-state index >= 15 is 0 Å². The molecular formula is C13H15N3O. The van der Waals surface area contributed by atoms with Crippen LogP contribution < -0.4 is 0 Å². The number of benzene rings is 1.